The maximum Gasteiger partial charge on any atom is 0.227 e. The molecule has 2 aromatic carbocycles. The summed E-state index contributed by atoms with van der Waals surface area (Å²) < 4.78 is 18.9. The number of amides is 1. The first kappa shape index (κ1) is 18.7. The molecule has 0 saturated carbocycles. The van der Waals surface area contributed by atoms with Gasteiger partial charge in [0.15, 0.2) is 0 Å². The van der Waals surface area contributed by atoms with E-state index in [1.807, 2.05) is 29.2 Å². The van der Waals surface area contributed by atoms with E-state index in [2.05, 4.69) is 20.8 Å². The van der Waals surface area contributed by atoms with Gasteiger partial charge in [-0.15, -0.1) is 0 Å². The molecule has 1 amide bonds. The lowest BCUT2D eigenvalue weighted by Gasteiger charge is -2.24. The lowest BCUT2D eigenvalue weighted by Crippen LogP contribution is -2.36. The van der Waals surface area contributed by atoms with Gasteiger partial charge in [0, 0.05) is 31.9 Å². The molecule has 4 nitrogen and oxygen atoms in total. The van der Waals surface area contributed by atoms with E-state index in [1.165, 1.54) is 6.07 Å². The van der Waals surface area contributed by atoms with Crippen molar-refractivity contribution in [3.05, 3.63) is 58.3 Å². The van der Waals surface area contributed by atoms with Crippen LogP contribution in [0.2, 0.25) is 0 Å². The zero-order valence-corrected chi connectivity index (χ0v) is 16.3. The van der Waals surface area contributed by atoms with Gasteiger partial charge in [0.2, 0.25) is 5.91 Å². The van der Waals surface area contributed by atoms with Crippen LogP contribution < -0.4 is 9.64 Å². The van der Waals surface area contributed by atoms with Crippen LogP contribution in [0.1, 0.15) is 12.0 Å². The first-order valence-corrected chi connectivity index (χ1v) is 9.47. The van der Waals surface area contributed by atoms with Crippen LogP contribution in [0.4, 0.5) is 10.1 Å². The maximum atomic E-state index is 13.3. The Morgan fingerprint density at radius 2 is 1.88 bits per heavy atom. The Kier molecular flexibility index (Phi) is 6.14. The summed E-state index contributed by atoms with van der Waals surface area (Å²) in [6.07, 6.45) is 1.21. The molecule has 0 aromatic heterocycles. The van der Waals surface area contributed by atoms with Crippen molar-refractivity contribution >= 4 is 27.5 Å². The van der Waals surface area contributed by atoms with Crippen molar-refractivity contribution in [2.45, 2.75) is 12.8 Å². The zero-order chi connectivity index (χ0) is 18.5. The van der Waals surface area contributed by atoms with Gasteiger partial charge in [0.05, 0.1) is 18.0 Å². The van der Waals surface area contributed by atoms with Crippen molar-refractivity contribution in [2.24, 2.45) is 0 Å². The molecular formula is C20H22BrFN2O2. The molecule has 3 rings (SSSR count). The van der Waals surface area contributed by atoms with E-state index in [0.29, 0.717) is 17.4 Å². The van der Waals surface area contributed by atoms with Crippen LogP contribution in [0.3, 0.4) is 0 Å². The van der Waals surface area contributed by atoms with Crippen molar-refractivity contribution < 1.29 is 13.9 Å². The molecule has 1 saturated heterocycles. The number of hydrogen-bond acceptors (Lipinski definition) is 3. The third-order valence-corrected chi connectivity index (χ3v) is 5.23. The fourth-order valence-corrected chi connectivity index (χ4v) is 3.58. The third kappa shape index (κ3) is 4.55. The van der Waals surface area contributed by atoms with Crippen LogP contribution in [0.5, 0.6) is 5.75 Å². The number of nitrogens with zero attached hydrogens (tertiary/aromatic N) is 2. The molecule has 26 heavy (non-hydrogen) atoms. The molecule has 0 bridgehead atoms. The summed E-state index contributed by atoms with van der Waals surface area (Å²) in [7, 11) is 1.66. The van der Waals surface area contributed by atoms with Crippen molar-refractivity contribution in [2.75, 3.05) is 38.2 Å². The highest BCUT2D eigenvalue weighted by Crippen LogP contribution is 2.21. The predicted octanol–water partition coefficient (Wildman–Crippen LogP) is 3.88. The van der Waals surface area contributed by atoms with Gasteiger partial charge in [0.1, 0.15) is 11.6 Å². The number of ether oxygens (including phenoxy) is 1. The van der Waals surface area contributed by atoms with Crippen LogP contribution in [-0.2, 0) is 11.2 Å². The number of carbonyl (C=O) groups is 1. The van der Waals surface area contributed by atoms with Gasteiger partial charge in [-0.25, -0.2) is 4.39 Å². The van der Waals surface area contributed by atoms with E-state index >= 15 is 0 Å². The number of halogens is 2. The summed E-state index contributed by atoms with van der Waals surface area (Å²) in [4.78, 5) is 16.8. The second-order valence-corrected chi connectivity index (χ2v) is 7.20. The highest BCUT2D eigenvalue weighted by Gasteiger charge is 2.20. The molecule has 2 aromatic rings. The van der Waals surface area contributed by atoms with E-state index in [-0.39, 0.29) is 11.7 Å². The third-order valence-electron chi connectivity index (χ3n) is 4.63. The number of carbonyl (C=O) groups excluding carboxylic acids is 1. The van der Waals surface area contributed by atoms with Gasteiger partial charge >= 0.3 is 0 Å². The average molecular weight is 421 g/mol. The van der Waals surface area contributed by atoms with Gasteiger partial charge in [0.25, 0.3) is 0 Å². The van der Waals surface area contributed by atoms with E-state index in [9.17, 15) is 9.18 Å². The van der Waals surface area contributed by atoms with Gasteiger partial charge in [-0.1, -0.05) is 6.07 Å². The molecule has 1 heterocycles. The Hall–Kier alpha value is -2.08. The summed E-state index contributed by atoms with van der Waals surface area (Å²) in [6.45, 7) is 3.14. The second-order valence-electron chi connectivity index (χ2n) is 6.34. The fraction of sp³-hybridized carbons (Fsp3) is 0.350. The molecule has 138 valence electrons. The van der Waals surface area contributed by atoms with E-state index in [4.69, 9.17) is 4.74 Å². The zero-order valence-electron chi connectivity index (χ0n) is 14.8. The topological polar surface area (TPSA) is 32.8 Å². The number of methoxy groups -OCH3 is 1. The molecule has 1 fully saturated rings. The smallest absolute Gasteiger partial charge is 0.227 e. The summed E-state index contributed by atoms with van der Waals surface area (Å²) in [5.74, 6) is 0.608. The number of hydrogen-bond donors (Lipinski definition) is 0. The van der Waals surface area contributed by atoms with Crippen LogP contribution in [-0.4, -0.2) is 44.1 Å². The Morgan fingerprint density at radius 3 is 2.58 bits per heavy atom. The lowest BCUT2D eigenvalue weighted by atomic mass is 10.1. The minimum absolute atomic E-state index is 0.0834. The number of benzene rings is 2. The van der Waals surface area contributed by atoms with Gasteiger partial charge in [-0.2, -0.15) is 0 Å². The van der Waals surface area contributed by atoms with Crippen molar-refractivity contribution in [1.29, 1.82) is 0 Å². The van der Waals surface area contributed by atoms with Crippen molar-refractivity contribution in [3.8, 4) is 5.75 Å². The normalized spacial score (nSPS) is 14.9. The van der Waals surface area contributed by atoms with E-state index in [0.717, 1.165) is 43.1 Å². The van der Waals surface area contributed by atoms with Crippen LogP contribution >= 0.6 is 15.9 Å². The summed E-state index contributed by atoms with van der Waals surface area (Å²) in [5.41, 5.74) is 1.96. The summed E-state index contributed by atoms with van der Waals surface area (Å²) in [5, 5.41) is 0. The van der Waals surface area contributed by atoms with Crippen LogP contribution in [0, 0.1) is 5.82 Å². The molecule has 0 radical (unpaired) electrons. The highest BCUT2D eigenvalue weighted by atomic mass is 79.9. The first-order chi connectivity index (χ1) is 12.6. The van der Waals surface area contributed by atoms with Gasteiger partial charge in [-0.05, 0) is 64.3 Å². The Balaban J connectivity index is 1.60. The average Bonchev–Trinajstić information content (AvgIpc) is 2.91. The fourth-order valence-electron chi connectivity index (χ4n) is 3.15. The molecule has 0 atom stereocenters. The summed E-state index contributed by atoms with van der Waals surface area (Å²) >= 11 is 3.17. The number of rotatable bonds is 4. The minimum atomic E-state index is -0.314. The molecule has 0 unspecified atom stereocenters. The summed E-state index contributed by atoms with van der Waals surface area (Å²) in [6, 6.07) is 12.7. The van der Waals surface area contributed by atoms with E-state index < -0.39 is 0 Å². The van der Waals surface area contributed by atoms with Crippen LogP contribution in [0.25, 0.3) is 0 Å². The standard InChI is InChI=1S/C20H22BrFN2O2/c1-26-17-6-4-16(5-7-17)23-9-2-10-24(12-11-23)20(25)14-15-3-8-19(22)18(21)13-15/h3-8,13H,2,9-12,14H2,1H3. The predicted molar refractivity (Wildman–Crippen MR) is 104 cm³/mol. The van der Waals surface area contributed by atoms with Crippen molar-refractivity contribution in [3.63, 3.8) is 0 Å². The maximum absolute atomic E-state index is 13.3. The Labute approximate surface area is 161 Å². The number of anilines is 1. The molecule has 6 heteroatoms. The molecule has 1 aliphatic heterocycles. The largest absolute Gasteiger partial charge is 0.497 e. The molecule has 0 spiro atoms. The highest BCUT2D eigenvalue weighted by molar-refractivity contribution is 9.10. The van der Waals surface area contributed by atoms with Gasteiger partial charge in [-0.3, -0.25) is 4.79 Å². The second kappa shape index (κ2) is 8.54. The molecule has 0 N–H and O–H groups in total. The molecule has 0 aliphatic carbocycles. The molecular weight excluding hydrogens is 399 g/mol. The Morgan fingerprint density at radius 1 is 1.12 bits per heavy atom. The van der Waals surface area contributed by atoms with Crippen molar-refractivity contribution in [1.82, 2.24) is 4.90 Å². The lowest BCUT2D eigenvalue weighted by molar-refractivity contribution is -0.130. The minimum Gasteiger partial charge on any atom is -0.497 e. The first-order valence-electron chi connectivity index (χ1n) is 8.67. The molecule has 1 aliphatic rings. The van der Waals surface area contributed by atoms with E-state index in [1.54, 1.807) is 19.2 Å². The monoisotopic (exact) mass is 420 g/mol. The SMILES string of the molecule is COc1ccc(N2CCCN(C(=O)Cc3ccc(F)c(Br)c3)CC2)cc1. The van der Waals surface area contributed by atoms with Crippen LogP contribution in [0.15, 0.2) is 46.9 Å². The van der Waals surface area contributed by atoms with Gasteiger partial charge < -0.3 is 14.5 Å². The quantitative estimate of drug-likeness (QED) is 0.752. The Bertz CT molecular complexity index is 767.